The van der Waals surface area contributed by atoms with Crippen LogP contribution in [0, 0.1) is 0 Å². The molecule has 0 radical (unpaired) electrons. The van der Waals surface area contributed by atoms with Crippen LogP contribution in [0.1, 0.15) is 23.0 Å². The number of carbonyl (C=O) groups excluding carboxylic acids is 1. The first-order chi connectivity index (χ1) is 16.0. The van der Waals surface area contributed by atoms with Gasteiger partial charge in [0.15, 0.2) is 5.82 Å². The van der Waals surface area contributed by atoms with Crippen LogP contribution in [0.2, 0.25) is 5.02 Å². The number of halogens is 1. The van der Waals surface area contributed by atoms with Gasteiger partial charge in [-0.2, -0.15) is 9.50 Å². The first-order valence-corrected chi connectivity index (χ1v) is 11.3. The summed E-state index contributed by atoms with van der Waals surface area (Å²) in [5.41, 5.74) is 1.80. The van der Waals surface area contributed by atoms with Crippen LogP contribution in [0.4, 0.5) is 0 Å². The maximum Gasteiger partial charge on any atom is 0.338 e. The molecule has 3 heterocycles. The first kappa shape index (κ1) is 21.1. The minimum atomic E-state index is -0.365. The van der Waals surface area contributed by atoms with Crippen LogP contribution >= 0.6 is 22.9 Å². The van der Waals surface area contributed by atoms with Gasteiger partial charge >= 0.3 is 5.97 Å². The zero-order chi connectivity index (χ0) is 22.9. The Morgan fingerprint density at radius 1 is 1.09 bits per heavy atom. The van der Waals surface area contributed by atoms with Crippen molar-refractivity contribution >= 4 is 39.9 Å². The van der Waals surface area contributed by atoms with E-state index in [9.17, 15) is 9.59 Å². The molecule has 9 heteroatoms. The van der Waals surface area contributed by atoms with Gasteiger partial charge in [0.05, 0.1) is 12.2 Å². The predicted molar refractivity (Wildman–Crippen MR) is 126 cm³/mol. The van der Waals surface area contributed by atoms with E-state index in [1.54, 1.807) is 55.5 Å². The Morgan fingerprint density at radius 2 is 1.82 bits per heavy atom. The van der Waals surface area contributed by atoms with Gasteiger partial charge in [-0.05, 0) is 55.5 Å². The van der Waals surface area contributed by atoms with Crippen molar-refractivity contribution in [2.45, 2.75) is 6.92 Å². The van der Waals surface area contributed by atoms with E-state index in [-0.39, 0.29) is 11.5 Å². The summed E-state index contributed by atoms with van der Waals surface area (Å²) in [7, 11) is 0. The quantitative estimate of drug-likeness (QED) is 0.347. The summed E-state index contributed by atoms with van der Waals surface area (Å²) in [6.45, 7) is 2.09. The monoisotopic (exact) mass is 477 g/mol. The number of nitrogens with zero attached hydrogens (tertiary/aromatic N) is 3. The number of hydrogen-bond donors (Lipinski definition) is 0. The minimum absolute atomic E-state index is 0.264. The number of ether oxygens (including phenoxy) is 1. The van der Waals surface area contributed by atoms with E-state index in [1.165, 1.54) is 15.9 Å². The lowest BCUT2D eigenvalue weighted by Crippen LogP contribution is -2.23. The highest BCUT2D eigenvalue weighted by Gasteiger charge is 2.13. The largest absolute Gasteiger partial charge is 0.462 e. The van der Waals surface area contributed by atoms with Crippen LogP contribution < -0.4 is 10.1 Å². The van der Waals surface area contributed by atoms with E-state index in [4.69, 9.17) is 20.8 Å². The molecule has 2 aromatic carbocycles. The summed E-state index contributed by atoms with van der Waals surface area (Å²) in [6.07, 6.45) is 1.67. The Kier molecular flexibility index (Phi) is 5.53. The number of furan rings is 1. The molecular weight excluding hydrogens is 462 g/mol. The fourth-order valence-corrected chi connectivity index (χ4v) is 4.27. The summed E-state index contributed by atoms with van der Waals surface area (Å²) in [4.78, 5) is 29.6. The molecule has 0 saturated carbocycles. The van der Waals surface area contributed by atoms with Crippen LogP contribution in [-0.2, 0) is 4.74 Å². The molecule has 0 aliphatic rings. The van der Waals surface area contributed by atoms with Crippen LogP contribution in [0.3, 0.4) is 0 Å². The number of rotatable bonds is 5. The van der Waals surface area contributed by atoms with Crippen molar-refractivity contribution < 1.29 is 13.9 Å². The highest BCUT2D eigenvalue weighted by atomic mass is 35.5. The topological polar surface area (TPSA) is 86.7 Å². The Balaban J connectivity index is 1.42. The van der Waals surface area contributed by atoms with Gasteiger partial charge in [0, 0.05) is 22.2 Å². The highest BCUT2D eigenvalue weighted by Crippen LogP contribution is 2.23. The molecule has 164 valence electrons. The zero-order valence-corrected chi connectivity index (χ0v) is 18.9. The molecule has 0 atom stereocenters. The number of fused-ring (bicyclic) bond motifs is 1. The molecule has 3 aromatic heterocycles. The molecule has 0 fully saturated rings. The summed E-state index contributed by atoms with van der Waals surface area (Å²) in [5.74, 6) is 1.25. The van der Waals surface area contributed by atoms with Crippen molar-refractivity contribution in [3.63, 3.8) is 0 Å². The predicted octanol–water partition coefficient (Wildman–Crippen LogP) is 4.46. The summed E-state index contributed by atoms with van der Waals surface area (Å²) in [6, 6.07) is 17.7. The zero-order valence-electron chi connectivity index (χ0n) is 17.3. The Labute approximate surface area is 196 Å². The average Bonchev–Trinajstić information content (AvgIpc) is 3.52. The third-order valence-corrected chi connectivity index (χ3v) is 6.08. The van der Waals surface area contributed by atoms with Crippen LogP contribution in [0.5, 0.6) is 0 Å². The third-order valence-electron chi connectivity index (χ3n) is 4.86. The average molecular weight is 478 g/mol. The molecular formula is C24H16ClN3O4S. The first-order valence-electron chi connectivity index (χ1n) is 10.1. The van der Waals surface area contributed by atoms with Gasteiger partial charge in [0.25, 0.3) is 5.56 Å². The van der Waals surface area contributed by atoms with E-state index in [1.807, 2.05) is 18.2 Å². The highest BCUT2D eigenvalue weighted by molar-refractivity contribution is 7.15. The van der Waals surface area contributed by atoms with Gasteiger partial charge in [-0.1, -0.05) is 35.1 Å². The van der Waals surface area contributed by atoms with E-state index < -0.39 is 0 Å². The number of aromatic nitrogens is 3. The van der Waals surface area contributed by atoms with Crippen molar-refractivity contribution in [3.8, 4) is 22.7 Å². The fourth-order valence-electron chi connectivity index (χ4n) is 3.25. The van der Waals surface area contributed by atoms with Gasteiger partial charge in [-0.3, -0.25) is 4.79 Å². The molecule has 5 rings (SSSR count). The molecule has 0 aliphatic carbocycles. The maximum atomic E-state index is 12.8. The van der Waals surface area contributed by atoms with Gasteiger partial charge in [0.1, 0.15) is 16.1 Å². The van der Waals surface area contributed by atoms with Gasteiger partial charge in [-0.25, -0.2) is 4.79 Å². The Bertz CT molecular complexity index is 1570. The lowest BCUT2D eigenvalue weighted by atomic mass is 10.1. The SMILES string of the molecule is CCOC(=O)c1ccc(-c2ccc(C=c3sc4nc(-c5ccc(Cl)cc5)nn4c3=O)o2)cc1. The van der Waals surface area contributed by atoms with Gasteiger partial charge in [0.2, 0.25) is 4.96 Å². The number of esters is 1. The van der Waals surface area contributed by atoms with E-state index in [0.717, 1.165) is 11.1 Å². The van der Waals surface area contributed by atoms with Crippen molar-refractivity contribution in [2.75, 3.05) is 6.61 Å². The molecule has 0 unspecified atom stereocenters. The van der Waals surface area contributed by atoms with Crippen molar-refractivity contribution in [1.82, 2.24) is 14.6 Å². The maximum absolute atomic E-state index is 12.8. The van der Waals surface area contributed by atoms with Crippen molar-refractivity contribution in [3.05, 3.63) is 91.9 Å². The molecule has 7 nitrogen and oxygen atoms in total. The van der Waals surface area contributed by atoms with Crippen molar-refractivity contribution in [1.29, 1.82) is 0 Å². The number of benzene rings is 2. The molecule has 0 N–H and O–H groups in total. The molecule has 0 saturated heterocycles. The Hall–Kier alpha value is -3.75. The minimum Gasteiger partial charge on any atom is -0.462 e. The second-order valence-corrected chi connectivity index (χ2v) is 8.50. The summed E-state index contributed by atoms with van der Waals surface area (Å²) in [5, 5.41) is 4.95. The van der Waals surface area contributed by atoms with E-state index in [2.05, 4.69) is 10.1 Å². The third kappa shape index (κ3) is 4.18. The number of thiazole rings is 1. The molecule has 0 spiro atoms. The van der Waals surface area contributed by atoms with E-state index in [0.29, 0.717) is 44.0 Å². The van der Waals surface area contributed by atoms with Crippen LogP contribution in [-0.4, -0.2) is 27.2 Å². The van der Waals surface area contributed by atoms with Crippen LogP contribution in [0.25, 0.3) is 33.7 Å². The number of hydrogen-bond acceptors (Lipinski definition) is 7. The normalized spacial score (nSPS) is 11.9. The lowest BCUT2D eigenvalue weighted by molar-refractivity contribution is 0.0526. The molecule has 33 heavy (non-hydrogen) atoms. The fraction of sp³-hybridized carbons (Fsp3) is 0.0833. The number of carbonyl (C=O) groups is 1. The second kappa shape index (κ2) is 8.65. The molecule has 0 bridgehead atoms. The van der Waals surface area contributed by atoms with Gasteiger partial charge < -0.3 is 9.15 Å². The Morgan fingerprint density at radius 3 is 2.52 bits per heavy atom. The molecule has 0 amide bonds. The summed E-state index contributed by atoms with van der Waals surface area (Å²) < 4.78 is 12.6. The van der Waals surface area contributed by atoms with Crippen molar-refractivity contribution in [2.24, 2.45) is 0 Å². The van der Waals surface area contributed by atoms with E-state index >= 15 is 0 Å². The lowest BCUT2D eigenvalue weighted by Gasteiger charge is -2.02. The molecule has 5 aromatic rings. The van der Waals surface area contributed by atoms with Gasteiger partial charge in [-0.15, -0.1) is 5.10 Å². The molecule has 0 aliphatic heterocycles. The second-order valence-electron chi connectivity index (χ2n) is 7.05. The van der Waals surface area contributed by atoms with Crippen LogP contribution in [0.15, 0.2) is 69.9 Å². The summed E-state index contributed by atoms with van der Waals surface area (Å²) >= 11 is 7.16. The standard InChI is InChI=1S/C24H16ClN3O4S/c1-2-31-23(30)16-5-3-14(4-6-16)19-12-11-18(32-19)13-20-22(29)28-24(33-20)26-21(27-28)15-7-9-17(25)10-8-15/h3-13H,2H2,1H3. The smallest absolute Gasteiger partial charge is 0.338 e.